The minimum Gasteiger partial charge on any atom is -0.289 e. The van der Waals surface area contributed by atoms with E-state index in [1.807, 2.05) is 12.1 Å². The van der Waals surface area contributed by atoms with Gasteiger partial charge in [-0.15, -0.1) is 5.10 Å². The number of amides is 1. The van der Waals surface area contributed by atoms with Crippen molar-refractivity contribution >= 4 is 22.8 Å². The first kappa shape index (κ1) is 11.3. The molecule has 0 saturated carbocycles. The minimum atomic E-state index is -0.252. The molecule has 0 aliphatic rings. The number of H-pyrrole nitrogens is 1. The van der Waals surface area contributed by atoms with Crippen molar-refractivity contribution in [2.75, 3.05) is 5.32 Å². The fourth-order valence-corrected chi connectivity index (χ4v) is 1.87. The van der Waals surface area contributed by atoms with Crippen molar-refractivity contribution in [2.45, 2.75) is 6.92 Å². The zero-order valence-electron chi connectivity index (χ0n) is 10.2. The van der Waals surface area contributed by atoms with E-state index >= 15 is 0 Å². The second-order valence-corrected chi connectivity index (χ2v) is 4.07. The molecule has 0 aliphatic heterocycles. The third-order valence-corrected chi connectivity index (χ3v) is 2.71. The van der Waals surface area contributed by atoms with Crippen LogP contribution in [0, 0.1) is 6.92 Å². The first-order chi connectivity index (χ1) is 9.24. The molecule has 2 N–H and O–H groups in total. The van der Waals surface area contributed by atoms with Crippen LogP contribution >= 0.6 is 0 Å². The van der Waals surface area contributed by atoms with Crippen molar-refractivity contribution in [3.8, 4) is 0 Å². The SMILES string of the molecule is Cc1nc(NC(=O)c2cccc3ncccc23)n[nH]1. The number of nitrogens with zero attached hydrogens (tertiary/aromatic N) is 3. The molecular formula is C13H11N5O. The molecule has 0 unspecified atom stereocenters. The van der Waals surface area contributed by atoms with Gasteiger partial charge in [0.2, 0.25) is 5.95 Å². The van der Waals surface area contributed by atoms with Gasteiger partial charge < -0.3 is 0 Å². The predicted molar refractivity (Wildman–Crippen MR) is 70.8 cm³/mol. The minimum absolute atomic E-state index is 0.252. The summed E-state index contributed by atoms with van der Waals surface area (Å²) in [4.78, 5) is 20.5. The Morgan fingerprint density at radius 2 is 2.16 bits per heavy atom. The highest BCUT2D eigenvalue weighted by Crippen LogP contribution is 2.17. The summed E-state index contributed by atoms with van der Waals surface area (Å²) in [6.45, 7) is 1.77. The summed E-state index contributed by atoms with van der Waals surface area (Å²) in [6, 6.07) is 9.08. The van der Waals surface area contributed by atoms with Gasteiger partial charge in [0.15, 0.2) is 0 Å². The fourth-order valence-electron chi connectivity index (χ4n) is 1.87. The van der Waals surface area contributed by atoms with E-state index < -0.39 is 0 Å². The molecular weight excluding hydrogens is 242 g/mol. The van der Waals surface area contributed by atoms with Crippen LogP contribution in [0.5, 0.6) is 0 Å². The summed E-state index contributed by atoms with van der Waals surface area (Å²) in [6.07, 6.45) is 1.70. The van der Waals surface area contributed by atoms with Crippen LogP contribution in [-0.2, 0) is 0 Å². The van der Waals surface area contributed by atoms with Crippen LogP contribution in [0.4, 0.5) is 5.95 Å². The van der Waals surface area contributed by atoms with Crippen molar-refractivity contribution < 1.29 is 4.79 Å². The summed E-state index contributed by atoms with van der Waals surface area (Å²) in [7, 11) is 0. The van der Waals surface area contributed by atoms with Gasteiger partial charge in [-0.2, -0.15) is 4.98 Å². The van der Waals surface area contributed by atoms with Crippen LogP contribution in [0.1, 0.15) is 16.2 Å². The molecule has 0 spiro atoms. The summed E-state index contributed by atoms with van der Waals surface area (Å²) < 4.78 is 0. The van der Waals surface area contributed by atoms with Crippen molar-refractivity contribution in [2.24, 2.45) is 0 Å². The summed E-state index contributed by atoms with van der Waals surface area (Å²) in [5.74, 6) is 0.663. The van der Waals surface area contributed by atoms with Crippen LogP contribution in [0.2, 0.25) is 0 Å². The van der Waals surface area contributed by atoms with Gasteiger partial charge in [0.25, 0.3) is 5.91 Å². The van der Waals surface area contributed by atoms with E-state index in [2.05, 4.69) is 25.5 Å². The van der Waals surface area contributed by atoms with Crippen LogP contribution in [0.3, 0.4) is 0 Å². The smallest absolute Gasteiger partial charge is 0.258 e. The number of carbonyl (C=O) groups excluding carboxylic acids is 1. The molecule has 0 radical (unpaired) electrons. The first-order valence-electron chi connectivity index (χ1n) is 5.78. The van der Waals surface area contributed by atoms with Crippen molar-refractivity contribution in [3.63, 3.8) is 0 Å². The molecule has 3 aromatic rings. The van der Waals surface area contributed by atoms with Crippen molar-refractivity contribution in [1.82, 2.24) is 20.2 Å². The highest BCUT2D eigenvalue weighted by Gasteiger charge is 2.12. The average molecular weight is 253 g/mol. The van der Waals surface area contributed by atoms with Gasteiger partial charge in [0.05, 0.1) is 5.52 Å². The third kappa shape index (κ3) is 2.15. The maximum Gasteiger partial charge on any atom is 0.258 e. The van der Waals surface area contributed by atoms with E-state index in [1.54, 1.807) is 31.3 Å². The van der Waals surface area contributed by atoms with E-state index in [1.165, 1.54) is 0 Å². The summed E-state index contributed by atoms with van der Waals surface area (Å²) >= 11 is 0. The molecule has 94 valence electrons. The Hall–Kier alpha value is -2.76. The van der Waals surface area contributed by atoms with Crippen molar-refractivity contribution in [1.29, 1.82) is 0 Å². The number of fused-ring (bicyclic) bond motifs is 1. The number of nitrogens with one attached hydrogen (secondary N) is 2. The molecule has 19 heavy (non-hydrogen) atoms. The molecule has 0 fully saturated rings. The number of aromatic amines is 1. The molecule has 3 rings (SSSR count). The van der Waals surface area contributed by atoms with Crippen LogP contribution in [-0.4, -0.2) is 26.1 Å². The molecule has 1 aromatic carbocycles. The highest BCUT2D eigenvalue weighted by atomic mass is 16.1. The van der Waals surface area contributed by atoms with Gasteiger partial charge in [-0.1, -0.05) is 12.1 Å². The largest absolute Gasteiger partial charge is 0.289 e. The number of aryl methyl sites for hydroxylation is 1. The molecule has 6 heteroatoms. The van der Waals surface area contributed by atoms with E-state index in [0.29, 0.717) is 11.4 Å². The Kier molecular flexibility index (Phi) is 2.68. The quantitative estimate of drug-likeness (QED) is 0.730. The lowest BCUT2D eigenvalue weighted by molar-refractivity contribution is 0.102. The van der Waals surface area contributed by atoms with Gasteiger partial charge in [0.1, 0.15) is 5.82 Å². The number of aromatic nitrogens is 4. The van der Waals surface area contributed by atoms with Crippen LogP contribution in [0.15, 0.2) is 36.5 Å². The number of benzene rings is 1. The third-order valence-electron chi connectivity index (χ3n) is 2.71. The lowest BCUT2D eigenvalue weighted by Gasteiger charge is -2.04. The summed E-state index contributed by atoms with van der Waals surface area (Å²) in [5.41, 5.74) is 1.33. The van der Waals surface area contributed by atoms with Crippen LogP contribution in [0.25, 0.3) is 10.9 Å². The number of carbonyl (C=O) groups is 1. The molecule has 0 atom stereocenters. The summed E-state index contributed by atoms with van der Waals surface area (Å²) in [5, 5.41) is 10.0. The number of hydrogen-bond donors (Lipinski definition) is 2. The number of hydrogen-bond acceptors (Lipinski definition) is 4. The van der Waals surface area contributed by atoms with E-state index in [-0.39, 0.29) is 11.9 Å². The molecule has 0 saturated heterocycles. The molecule has 2 heterocycles. The Labute approximate surface area is 108 Å². The Bertz CT molecular complexity index is 744. The van der Waals surface area contributed by atoms with Gasteiger partial charge in [-0.05, 0) is 25.1 Å². The average Bonchev–Trinajstić information content (AvgIpc) is 2.83. The van der Waals surface area contributed by atoms with Gasteiger partial charge in [-0.3, -0.25) is 20.2 Å². The number of rotatable bonds is 2. The second-order valence-electron chi connectivity index (χ2n) is 4.07. The van der Waals surface area contributed by atoms with E-state index in [0.717, 1.165) is 10.9 Å². The lowest BCUT2D eigenvalue weighted by Crippen LogP contribution is -2.13. The number of anilines is 1. The fraction of sp³-hybridized carbons (Fsp3) is 0.0769. The zero-order valence-corrected chi connectivity index (χ0v) is 10.2. The topological polar surface area (TPSA) is 83.6 Å². The molecule has 1 amide bonds. The van der Waals surface area contributed by atoms with Gasteiger partial charge in [0, 0.05) is 17.1 Å². The maximum atomic E-state index is 12.2. The van der Waals surface area contributed by atoms with Gasteiger partial charge in [-0.25, -0.2) is 0 Å². The molecule has 0 bridgehead atoms. The lowest BCUT2D eigenvalue weighted by atomic mass is 10.1. The monoisotopic (exact) mass is 253 g/mol. The Balaban J connectivity index is 1.97. The molecule has 2 aromatic heterocycles. The Morgan fingerprint density at radius 1 is 1.26 bits per heavy atom. The predicted octanol–water partition coefficient (Wildman–Crippen LogP) is 1.91. The Morgan fingerprint density at radius 3 is 2.95 bits per heavy atom. The standard InChI is InChI=1S/C13H11N5O/c1-8-15-13(18-17-8)16-12(19)10-4-2-6-11-9(10)5-3-7-14-11/h2-7H,1H3,(H2,15,16,17,18,19). The number of pyridine rings is 1. The maximum absolute atomic E-state index is 12.2. The normalized spacial score (nSPS) is 10.6. The highest BCUT2D eigenvalue weighted by molar-refractivity contribution is 6.11. The van der Waals surface area contributed by atoms with Gasteiger partial charge >= 0.3 is 0 Å². The van der Waals surface area contributed by atoms with E-state index in [9.17, 15) is 4.79 Å². The molecule has 6 nitrogen and oxygen atoms in total. The van der Waals surface area contributed by atoms with Crippen molar-refractivity contribution in [3.05, 3.63) is 47.9 Å². The van der Waals surface area contributed by atoms with E-state index in [4.69, 9.17) is 0 Å². The second kappa shape index (κ2) is 4.49. The first-order valence-corrected chi connectivity index (χ1v) is 5.78. The van der Waals surface area contributed by atoms with Crippen LogP contribution < -0.4 is 5.32 Å². The molecule has 0 aliphatic carbocycles. The zero-order chi connectivity index (χ0) is 13.2.